The molecule has 2 saturated heterocycles. The Balaban J connectivity index is 0.000000237. The van der Waals surface area contributed by atoms with Gasteiger partial charge in [0, 0.05) is 55.0 Å². The summed E-state index contributed by atoms with van der Waals surface area (Å²) in [6.45, 7) is 4.54. The van der Waals surface area contributed by atoms with Gasteiger partial charge in [0.25, 0.3) is 0 Å². The molecule has 2 atom stereocenters. The second-order valence-electron chi connectivity index (χ2n) is 17.1. The number of urea groups is 1. The molecular formula is C47H64Cl5N9O3. The molecule has 2 aromatic carbocycles. The van der Waals surface area contributed by atoms with E-state index in [1.165, 1.54) is 38.8 Å². The zero-order valence-electron chi connectivity index (χ0n) is 36.5. The highest BCUT2D eigenvalue weighted by Gasteiger charge is 2.33. The molecule has 2 unspecified atom stereocenters. The van der Waals surface area contributed by atoms with E-state index in [0.717, 1.165) is 62.4 Å². The van der Waals surface area contributed by atoms with Crippen LogP contribution >= 0.6 is 58.8 Å². The second-order valence-corrected chi connectivity index (χ2v) is 18.6. The quantitative estimate of drug-likeness (QED) is 0.126. The Morgan fingerprint density at radius 1 is 0.719 bits per heavy atom. The van der Waals surface area contributed by atoms with Gasteiger partial charge in [0.1, 0.15) is 0 Å². The van der Waals surface area contributed by atoms with E-state index in [-0.39, 0.29) is 43.0 Å². The van der Waals surface area contributed by atoms with Crippen LogP contribution in [-0.4, -0.2) is 118 Å². The Labute approximate surface area is 405 Å². The van der Waals surface area contributed by atoms with Crippen molar-refractivity contribution in [1.29, 1.82) is 0 Å². The van der Waals surface area contributed by atoms with Crippen LogP contribution in [0.1, 0.15) is 94.7 Å². The Kier molecular flexibility index (Phi) is 21.3. The van der Waals surface area contributed by atoms with Gasteiger partial charge in [-0.05, 0) is 109 Å². The summed E-state index contributed by atoms with van der Waals surface area (Å²) >= 11 is 26.0. The van der Waals surface area contributed by atoms with Crippen LogP contribution in [0.2, 0.25) is 20.1 Å². The molecule has 12 nitrogen and oxygen atoms in total. The van der Waals surface area contributed by atoms with Crippen LogP contribution in [0.5, 0.6) is 0 Å². The van der Waals surface area contributed by atoms with Gasteiger partial charge < -0.3 is 30.4 Å². The first-order valence-corrected chi connectivity index (χ1v) is 23.1. The number of nitrogens with zero attached hydrogens (tertiary/aromatic N) is 7. The number of rotatable bonds is 12. The molecule has 2 aliphatic heterocycles. The van der Waals surface area contributed by atoms with Gasteiger partial charge in [0.05, 0.1) is 55.8 Å². The topological polar surface area (TPSA) is 140 Å². The van der Waals surface area contributed by atoms with E-state index < -0.39 is 11.9 Å². The number of carboxylic acid groups (broad SMARTS) is 1. The molecule has 4 fully saturated rings. The molecule has 17 heteroatoms. The summed E-state index contributed by atoms with van der Waals surface area (Å²) in [6.07, 6.45) is 20.3. The zero-order chi connectivity index (χ0) is 44.3. The molecule has 0 bridgehead atoms. The highest BCUT2D eigenvalue weighted by Crippen LogP contribution is 2.45. The van der Waals surface area contributed by atoms with Gasteiger partial charge in [0.2, 0.25) is 0 Å². The van der Waals surface area contributed by atoms with Crippen molar-refractivity contribution >= 4 is 70.8 Å². The number of aliphatic carboxylic acids is 1. The molecule has 0 spiro atoms. The molecule has 64 heavy (non-hydrogen) atoms. The lowest BCUT2D eigenvalue weighted by Crippen LogP contribution is -2.48. The first-order valence-electron chi connectivity index (χ1n) is 21.6. The predicted molar refractivity (Wildman–Crippen MR) is 263 cm³/mol. The smallest absolute Gasteiger partial charge is 0.317 e. The fourth-order valence-electron chi connectivity index (χ4n) is 8.03. The lowest BCUT2D eigenvalue weighted by molar-refractivity contribution is -0.139. The largest absolute Gasteiger partial charge is 0.481 e. The zero-order valence-corrected chi connectivity index (χ0v) is 40.3. The molecule has 2 aromatic heterocycles. The van der Waals surface area contributed by atoms with Crippen LogP contribution in [0, 0.1) is 11.8 Å². The maximum absolute atomic E-state index is 13.1. The third kappa shape index (κ3) is 14.8. The number of aromatic nitrogens is 4. The Morgan fingerprint density at radius 2 is 1.19 bits per heavy atom. The molecule has 2 saturated carbocycles. The summed E-state index contributed by atoms with van der Waals surface area (Å²) in [7, 11) is 8.26. The van der Waals surface area contributed by atoms with E-state index in [0.29, 0.717) is 55.8 Å². The molecule has 350 valence electrons. The van der Waals surface area contributed by atoms with Crippen LogP contribution in [-0.2, 0) is 4.79 Å². The van der Waals surface area contributed by atoms with E-state index in [1.54, 1.807) is 49.3 Å². The molecule has 4 aliphatic rings. The average molecular weight is 980 g/mol. The monoisotopic (exact) mass is 977 g/mol. The van der Waals surface area contributed by atoms with Crippen molar-refractivity contribution in [2.45, 2.75) is 95.7 Å². The average Bonchev–Trinajstić information content (AvgIpc) is 4.24. The number of carbonyl (C=O) groups excluding carboxylic acids is 1. The van der Waals surface area contributed by atoms with Crippen molar-refractivity contribution in [1.82, 2.24) is 45.3 Å². The fraction of sp³-hybridized carbons (Fsp3) is 0.532. The normalized spacial score (nSPS) is 17.8. The number of carbonyl (C=O) groups is 2. The summed E-state index contributed by atoms with van der Waals surface area (Å²) in [5, 5.41) is 17.5. The highest BCUT2D eigenvalue weighted by molar-refractivity contribution is 6.45. The van der Waals surface area contributed by atoms with Crippen LogP contribution < -0.4 is 10.6 Å². The third-order valence-electron chi connectivity index (χ3n) is 12.5. The lowest BCUT2D eigenvalue weighted by Gasteiger charge is -2.36. The summed E-state index contributed by atoms with van der Waals surface area (Å²) in [4.78, 5) is 47.8. The molecular weight excluding hydrogens is 916 g/mol. The number of carboxylic acids is 1. The Morgan fingerprint density at radius 3 is 1.64 bits per heavy atom. The van der Waals surface area contributed by atoms with Gasteiger partial charge in [-0.2, -0.15) is 0 Å². The van der Waals surface area contributed by atoms with Crippen molar-refractivity contribution < 1.29 is 14.7 Å². The number of benzene rings is 2. The summed E-state index contributed by atoms with van der Waals surface area (Å²) in [6, 6.07) is 8.19. The van der Waals surface area contributed by atoms with Gasteiger partial charge in [-0.15, -0.1) is 12.4 Å². The molecule has 0 radical (unpaired) electrons. The van der Waals surface area contributed by atoms with E-state index in [2.05, 4.69) is 61.5 Å². The number of hydrogen-bond donors (Lipinski definition) is 3. The van der Waals surface area contributed by atoms with E-state index in [1.807, 2.05) is 24.1 Å². The summed E-state index contributed by atoms with van der Waals surface area (Å²) in [5.41, 5.74) is 4.10. The molecule has 2 amide bonds. The highest BCUT2D eigenvalue weighted by atomic mass is 35.5. The van der Waals surface area contributed by atoms with Crippen molar-refractivity contribution in [3.05, 3.63) is 92.7 Å². The van der Waals surface area contributed by atoms with Crippen molar-refractivity contribution in [3.63, 3.8) is 0 Å². The Hall–Kier alpha value is -3.33. The third-order valence-corrected chi connectivity index (χ3v) is 14.3. The number of amides is 2. The van der Waals surface area contributed by atoms with E-state index >= 15 is 0 Å². The Bertz CT molecular complexity index is 2080. The van der Waals surface area contributed by atoms with Crippen LogP contribution in [0.3, 0.4) is 0 Å². The summed E-state index contributed by atoms with van der Waals surface area (Å²) < 4.78 is 0. The fourth-order valence-corrected chi connectivity index (χ4v) is 9.16. The van der Waals surface area contributed by atoms with Crippen molar-refractivity contribution in [2.75, 3.05) is 54.4 Å². The lowest BCUT2D eigenvalue weighted by atomic mass is 9.92. The maximum Gasteiger partial charge on any atom is 0.317 e. The van der Waals surface area contributed by atoms with Gasteiger partial charge in [-0.25, -0.2) is 4.79 Å². The van der Waals surface area contributed by atoms with E-state index in [4.69, 9.17) is 46.4 Å². The molecule has 4 aromatic rings. The molecule has 3 N–H and O–H groups in total. The van der Waals surface area contributed by atoms with Crippen molar-refractivity contribution in [3.8, 4) is 22.5 Å². The van der Waals surface area contributed by atoms with Crippen molar-refractivity contribution in [2.24, 2.45) is 11.8 Å². The summed E-state index contributed by atoms with van der Waals surface area (Å²) in [5.74, 6) is -0.380. The van der Waals surface area contributed by atoms with Gasteiger partial charge in [-0.1, -0.05) is 104 Å². The molecule has 8 rings (SSSR count). The predicted octanol–water partition coefficient (Wildman–Crippen LogP) is 10.8. The minimum Gasteiger partial charge on any atom is -0.481 e. The van der Waals surface area contributed by atoms with Crippen LogP contribution in [0.4, 0.5) is 4.79 Å². The number of hydrogen-bond acceptors (Lipinski definition) is 9. The first-order chi connectivity index (χ1) is 29.8. The number of likely N-dealkylation sites (tertiary alicyclic amines) is 2. The second kappa shape index (κ2) is 25.5. The first kappa shape index (κ1) is 53.3. The van der Waals surface area contributed by atoms with Crippen LogP contribution in [0.15, 0.2) is 61.4 Å². The van der Waals surface area contributed by atoms with Gasteiger partial charge in [0.15, 0.2) is 0 Å². The number of nitrogens with one attached hydrogen (secondary N) is 2. The van der Waals surface area contributed by atoms with Gasteiger partial charge in [-0.3, -0.25) is 24.7 Å². The SMILES string of the molecule is C.CN1CCC(N(C)C(=O)NC(CC2CC2)c2ccc(-c3cnccn3)c(Cl)c2Cl)CC1.CNC1CCN(C)CC1.Cl.O=C(O)C(CC1CC1)c1ccc(-c2cnccn2)c(Cl)c1Cl. The molecule has 2 aliphatic carbocycles. The van der Waals surface area contributed by atoms with E-state index in [9.17, 15) is 14.7 Å². The molecule has 4 heterocycles. The van der Waals surface area contributed by atoms with Gasteiger partial charge >= 0.3 is 12.0 Å². The number of halogens is 5. The number of piperidine rings is 2. The minimum atomic E-state index is -0.864. The minimum absolute atomic E-state index is 0. The van der Waals surface area contributed by atoms with Crippen LogP contribution in [0.25, 0.3) is 22.5 Å². The maximum atomic E-state index is 13.1. The standard InChI is InChI=1S/C23H29Cl2N5O.C16H14Cl2N2O2.C7H16N2.CH4.ClH/c1-29-11-7-16(8-12-29)30(2)23(31)28-19(13-15-3-4-15)17-5-6-18(22(25)21(17)24)20-14-26-9-10-27-20;17-14-10(12(16(21)22)7-9-1-2-9)3-4-11(15(14)18)13-8-19-5-6-20-13;1-8-7-3-5-9(2)6-4-7;;/h5-6,9-10,14-16,19H,3-4,7-8,11-13H2,1-2H3,(H,28,31);3-6,8-9,12H,1-2,7H2,(H,21,22);7-8H,3-6H2,1-2H3;1H4;1H.